The van der Waals surface area contributed by atoms with Gasteiger partial charge >= 0.3 is 7.12 Å². The zero-order valence-electron chi connectivity index (χ0n) is 12.3. The molecule has 0 radical (unpaired) electrons. The Hall–Kier alpha value is -1.04. The average Bonchev–Trinajstić information content (AvgIpc) is 2.36. The molecule has 0 aliphatic heterocycles. The number of hydrogen-bond donors (Lipinski definition) is 2. The highest BCUT2D eigenvalue weighted by atomic mass is 16.5. The Morgan fingerprint density at radius 1 is 1.32 bits per heavy atom. The predicted octanol–water partition coefficient (Wildman–Crippen LogP) is 0.853. The van der Waals surface area contributed by atoms with Crippen LogP contribution in [0.2, 0.25) is 0 Å². The lowest BCUT2D eigenvalue weighted by Gasteiger charge is -2.24. The molecular formula is C14H24BNO3. The molecule has 0 saturated heterocycles. The van der Waals surface area contributed by atoms with Crippen molar-refractivity contribution in [3.63, 3.8) is 0 Å². The summed E-state index contributed by atoms with van der Waals surface area (Å²) in [5, 5.41) is 18.9. The second-order valence-electron chi connectivity index (χ2n) is 5.16. The standard InChI is InChI=1S/C14H24BNO3/c1-5-16(9-11(2)3)10-12-8-13(19-4)6-7-14(12)15(17)18/h6-8,11,17-18H,5,9-10H2,1-4H3. The van der Waals surface area contributed by atoms with E-state index in [0.29, 0.717) is 17.9 Å². The topological polar surface area (TPSA) is 52.9 Å². The largest absolute Gasteiger partial charge is 0.497 e. The van der Waals surface area contributed by atoms with E-state index < -0.39 is 7.12 Å². The Morgan fingerprint density at radius 2 is 2.00 bits per heavy atom. The summed E-state index contributed by atoms with van der Waals surface area (Å²) in [5.41, 5.74) is 1.44. The van der Waals surface area contributed by atoms with Gasteiger partial charge in [0.05, 0.1) is 7.11 Å². The van der Waals surface area contributed by atoms with Crippen LogP contribution in [0.25, 0.3) is 0 Å². The smallest absolute Gasteiger partial charge is 0.488 e. The molecule has 0 fully saturated rings. The Bertz CT molecular complexity index is 396. The molecule has 1 aromatic carbocycles. The zero-order valence-corrected chi connectivity index (χ0v) is 12.3. The minimum Gasteiger partial charge on any atom is -0.497 e. The number of hydrogen-bond acceptors (Lipinski definition) is 4. The second-order valence-corrected chi connectivity index (χ2v) is 5.16. The fourth-order valence-corrected chi connectivity index (χ4v) is 2.16. The van der Waals surface area contributed by atoms with Gasteiger partial charge in [0.15, 0.2) is 0 Å². The van der Waals surface area contributed by atoms with Crippen LogP contribution in [0, 0.1) is 5.92 Å². The van der Waals surface area contributed by atoms with E-state index in [1.807, 2.05) is 6.07 Å². The highest BCUT2D eigenvalue weighted by Gasteiger charge is 2.18. The number of benzene rings is 1. The third-order valence-corrected chi connectivity index (χ3v) is 3.09. The van der Waals surface area contributed by atoms with Gasteiger partial charge in [0.2, 0.25) is 0 Å². The molecule has 0 aliphatic carbocycles. The minimum absolute atomic E-state index is 0.544. The van der Waals surface area contributed by atoms with Crippen LogP contribution >= 0.6 is 0 Å². The molecule has 0 atom stereocenters. The van der Waals surface area contributed by atoms with Gasteiger partial charge in [0.1, 0.15) is 5.75 Å². The van der Waals surface area contributed by atoms with E-state index in [1.54, 1.807) is 19.2 Å². The predicted molar refractivity (Wildman–Crippen MR) is 78.6 cm³/mol. The molecule has 4 nitrogen and oxygen atoms in total. The Kier molecular flexibility index (Phi) is 6.35. The molecule has 0 saturated carbocycles. The van der Waals surface area contributed by atoms with E-state index >= 15 is 0 Å². The van der Waals surface area contributed by atoms with Crippen LogP contribution < -0.4 is 10.2 Å². The number of rotatable bonds is 7. The van der Waals surface area contributed by atoms with Gasteiger partial charge in [0.25, 0.3) is 0 Å². The summed E-state index contributed by atoms with van der Waals surface area (Å²) in [4.78, 5) is 2.28. The van der Waals surface area contributed by atoms with Crippen molar-refractivity contribution in [3.8, 4) is 5.75 Å². The van der Waals surface area contributed by atoms with Crippen molar-refractivity contribution >= 4 is 12.6 Å². The van der Waals surface area contributed by atoms with Gasteiger partial charge in [0, 0.05) is 13.1 Å². The molecule has 2 N–H and O–H groups in total. The Balaban J connectivity index is 2.95. The zero-order chi connectivity index (χ0) is 14.4. The van der Waals surface area contributed by atoms with Crippen molar-refractivity contribution in [2.24, 2.45) is 5.92 Å². The van der Waals surface area contributed by atoms with Crippen LogP contribution in [-0.2, 0) is 6.54 Å². The molecule has 5 heteroatoms. The van der Waals surface area contributed by atoms with Gasteiger partial charge < -0.3 is 14.8 Å². The molecule has 0 aromatic heterocycles. The number of ether oxygens (including phenoxy) is 1. The SMILES string of the molecule is CCN(Cc1cc(OC)ccc1B(O)O)CC(C)C. The van der Waals surface area contributed by atoms with E-state index in [-0.39, 0.29) is 0 Å². The monoisotopic (exact) mass is 265 g/mol. The van der Waals surface area contributed by atoms with Crippen molar-refractivity contribution in [2.75, 3.05) is 20.2 Å². The second kappa shape index (κ2) is 7.53. The third-order valence-electron chi connectivity index (χ3n) is 3.09. The third kappa shape index (κ3) is 4.86. The fraction of sp³-hybridized carbons (Fsp3) is 0.571. The molecule has 0 bridgehead atoms. The fourth-order valence-electron chi connectivity index (χ4n) is 2.16. The highest BCUT2D eigenvalue weighted by molar-refractivity contribution is 6.59. The van der Waals surface area contributed by atoms with Gasteiger partial charge in [-0.05, 0) is 35.6 Å². The minimum atomic E-state index is -1.45. The summed E-state index contributed by atoms with van der Waals surface area (Å²) in [5.74, 6) is 1.31. The normalized spacial score (nSPS) is 11.2. The van der Waals surface area contributed by atoms with Crippen molar-refractivity contribution in [2.45, 2.75) is 27.3 Å². The summed E-state index contributed by atoms with van der Waals surface area (Å²) < 4.78 is 5.20. The maximum atomic E-state index is 9.43. The van der Waals surface area contributed by atoms with E-state index in [2.05, 4.69) is 25.7 Å². The average molecular weight is 265 g/mol. The van der Waals surface area contributed by atoms with Crippen molar-refractivity contribution in [1.29, 1.82) is 0 Å². The van der Waals surface area contributed by atoms with E-state index in [9.17, 15) is 10.0 Å². The first-order chi connectivity index (χ1) is 8.97. The maximum absolute atomic E-state index is 9.43. The molecule has 0 aliphatic rings. The van der Waals surface area contributed by atoms with Crippen molar-refractivity contribution in [1.82, 2.24) is 4.90 Å². The number of nitrogens with zero attached hydrogens (tertiary/aromatic N) is 1. The van der Waals surface area contributed by atoms with Crippen LogP contribution in [0.5, 0.6) is 5.75 Å². The first-order valence-electron chi connectivity index (χ1n) is 6.73. The van der Waals surface area contributed by atoms with E-state index in [0.717, 1.165) is 24.4 Å². The summed E-state index contributed by atoms with van der Waals surface area (Å²) in [6.07, 6.45) is 0. The lowest BCUT2D eigenvalue weighted by molar-refractivity contribution is 0.248. The van der Waals surface area contributed by atoms with Gasteiger partial charge in [-0.1, -0.05) is 26.8 Å². The maximum Gasteiger partial charge on any atom is 0.488 e. The summed E-state index contributed by atoms with van der Waals surface area (Å²) in [6, 6.07) is 5.33. The van der Waals surface area contributed by atoms with Gasteiger partial charge in [-0.2, -0.15) is 0 Å². The number of methoxy groups -OCH3 is 1. The molecule has 1 aromatic rings. The first-order valence-corrected chi connectivity index (χ1v) is 6.73. The van der Waals surface area contributed by atoms with E-state index in [1.165, 1.54) is 0 Å². The highest BCUT2D eigenvalue weighted by Crippen LogP contribution is 2.14. The molecule has 0 heterocycles. The molecule has 106 valence electrons. The molecule has 0 unspecified atom stereocenters. The van der Waals surface area contributed by atoms with Gasteiger partial charge in [-0.15, -0.1) is 0 Å². The first kappa shape index (κ1) is 16.0. The quantitative estimate of drug-likeness (QED) is 0.718. The van der Waals surface area contributed by atoms with Crippen molar-refractivity contribution in [3.05, 3.63) is 23.8 Å². The summed E-state index contributed by atoms with van der Waals surface area (Å²) >= 11 is 0. The molecule has 1 rings (SSSR count). The Morgan fingerprint density at radius 3 is 2.47 bits per heavy atom. The Labute approximate surface area is 116 Å². The molecule has 0 amide bonds. The van der Waals surface area contributed by atoms with Crippen molar-refractivity contribution < 1.29 is 14.8 Å². The van der Waals surface area contributed by atoms with Crippen LogP contribution in [0.4, 0.5) is 0 Å². The molecule has 19 heavy (non-hydrogen) atoms. The summed E-state index contributed by atoms with van der Waals surface area (Å²) in [6.45, 7) is 9.06. The molecule has 0 spiro atoms. The van der Waals surface area contributed by atoms with Crippen LogP contribution in [-0.4, -0.2) is 42.3 Å². The van der Waals surface area contributed by atoms with E-state index in [4.69, 9.17) is 4.74 Å². The van der Waals surface area contributed by atoms with Crippen LogP contribution in [0.1, 0.15) is 26.3 Å². The van der Waals surface area contributed by atoms with Gasteiger partial charge in [-0.25, -0.2) is 0 Å². The van der Waals surface area contributed by atoms with Crippen LogP contribution in [0.3, 0.4) is 0 Å². The summed E-state index contributed by atoms with van der Waals surface area (Å²) in [7, 11) is 0.165. The lowest BCUT2D eigenvalue weighted by atomic mass is 9.77. The lowest BCUT2D eigenvalue weighted by Crippen LogP contribution is -2.36. The molecular weight excluding hydrogens is 241 g/mol. The van der Waals surface area contributed by atoms with Crippen LogP contribution in [0.15, 0.2) is 18.2 Å². The van der Waals surface area contributed by atoms with Gasteiger partial charge in [-0.3, -0.25) is 4.90 Å².